The van der Waals surface area contributed by atoms with Gasteiger partial charge >= 0.3 is 0 Å². The number of halogens is 2. The van der Waals surface area contributed by atoms with Gasteiger partial charge < -0.3 is 10.3 Å². The number of aromatic nitrogens is 2. The molecular weight excluding hydrogens is 346 g/mol. The van der Waals surface area contributed by atoms with Crippen LogP contribution in [0.5, 0.6) is 0 Å². The molecule has 0 aliphatic heterocycles. The third kappa shape index (κ3) is 2.30. The van der Waals surface area contributed by atoms with Crippen LogP contribution in [0.2, 0.25) is 0 Å². The Morgan fingerprint density at radius 3 is 2.73 bits per heavy atom. The van der Waals surface area contributed by atoms with Crippen molar-refractivity contribution < 1.29 is 4.52 Å². The predicted octanol–water partition coefficient (Wildman–Crippen LogP) is 3.01. The van der Waals surface area contributed by atoms with Crippen LogP contribution in [0.3, 0.4) is 0 Å². The van der Waals surface area contributed by atoms with E-state index in [0.29, 0.717) is 11.7 Å². The Labute approximate surface area is 107 Å². The Morgan fingerprint density at radius 1 is 1.53 bits per heavy atom. The molecule has 0 fully saturated rings. The van der Waals surface area contributed by atoms with Gasteiger partial charge in [-0.05, 0) is 37.9 Å². The van der Waals surface area contributed by atoms with E-state index in [1.165, 1.54) is 0 Å². The highest BCUT2D eigenvalue weighted by molar-refractivity contribution is 9.13. The van der Waals surface area contributed by atoms with E-state index in [9.17, 15) is 0 Å². The van der Waals surface area contributed by atoms with Crippen molar-refractivity contribution in [1.29, 1.82) is 0 Å². The summed E-state index contributed by atoms with van der Waals surface area (Å²) in [6.45, 7) is 1.74. The van der Waals surface area contributed by atoms with Gasteiger partial charge in [0.05, 0.1) is 3.79 Å². The van der Waals surface area contributed by atoms with Gasteiger partial charge in [-0.1, -0.05) is 5.16 Å². The maximum Gasteiger partial charge on any atom is 0.223 e. The summed E-state index contributed by atoms with van der Waals surface area (Å²) >= 11 is 8.37. The van der Waals surface area contributed by atoms with Crippen LogP contribution < -0.4 is 5.73 Å². The topological polar surface area (TPSA) is 64.9 Å². The van der Waals surface area contributed by atoms with Crippen LogP contribution in [0.25, 0.3) is 0 Å². The van der Waals surface area contributed by atoms with Gasteiger partial charge in [0.2, 0.25) is 5.89 Å². The first-order valence-electron chi connectivity index (χ1n) is 4.08. The van der Waals surface area contributed by atoms with E-state index in [2.05, 4.69) is 42.0 Å². The van der Waals surface area contributed by atoms with Crippen LogP contribution in [-0.4, -0.2) is 10.1 Å². The van der Waals surface area contributed by atoms with Crippen LogP contribution in [0.15, 0.2) is 18.8 Å². The van der Waals surface area contributed by atoms with Crippen LogP contribution in [0, 0.1) is 6.92 Å². The third-order valence-corrected chi connectivity index (χ3v) is 5.13. The lowest BCUT2D eigenvalue weighted by Gasteiger charge is -2.01. The molecule has 2 aromatic heterocycles. The molecule has 80 valence electrons. The van der Waals surface area contributed by atoms with E-state index in [1.54, 1.807) is 18.3 Å². The van der Waals surface area contributed by atoms with E-state index in [0.717, 1.165) is 13.1 Å². The van der Waals surface area contributed by atoms with E-state index in [4.69, 9.17) is 10.3 Å². The maximum atomic E-state index is 6.00. The normalized spacial score (nSPS) is 13.1. The van der Waals surface area contributed by atoms with Crippen molar-refractivity contribution >= 4 is 43.2 Å². The maximum absolute atomic E-state index is 6.00. The number of nitrogens with two attached hydrogens (primary N) is 1. The van der Waals surface area contributed by atoms with Crippen molar-refractivity contribution in [3.8, 4) is 0 Å². The molecule has 0 aromatic carbocycles. The molecule has 7 heteroatoms. The molecule has 15 heavy (non-hydrogen) atoms. The number of hydrogen-bond donors (Lipinski definition) is 1. The molecule has 0 saturated heterocycles. The van der Waals surface area contributed by atoms with Crippen molar-refractivity contribution in [2.75, 3.05) is 0 Å². The van der Waals surface area contributed by atoms with Crippen molar-refractivity contribution in [3.63, 3.8) is 0 Å². The minimum absolute atomic E-state index is 0.338. The summed E-state index contributed by atoms with van der Waals surface area (Å²) < 4.78 is 6.88. The average Bonchev–Trinajstić information content (AvgIpc) is 2.74. The largest absolute Gasteiger partial charge is 0.340 e. The second kappa shape index (κ2) is 4.32. The molecule has 0 aliphatic carbocycles. The number of aryl methyl sites for hydroxylation is 1. The molecule has 1 unspecified atom stereocenters. The number of hydrogen-bond acceptors (Lipinski definition) is 5. The van der Waals surface area contributed by atoms with E-state index in [1.807, 2.05) is 6.07 Å². The van der Waals surface area contributed by atoms with Gasteiger partial charge in [-0.3, -0.25) is 0 Å². The summed E-state index contributed by atoms with van der Waals surface area (Å²) in [6, 6.07) is 1.61. The molecule has 2 N–H and O–H groups in total. The fraction of sp³-hybridized carbons (Fsp3) is 0.250. The molecule has 0 bridgehead atoms. The van der Waals surface area contributed by atoms with Crippen molar-refractivity contribution in [2.45, 2.75) is 13.0 Å². The zero-order valence-corrected chi connectivity index (χ0v) is 11.7. The quantitative estimate of drug-likeness (QED) is 0.902. The van der Waals surface area contributed by atoms with Gasteiger partial charge in [-0.25, -0.2) is 0 Å². The Bertz CT molecular complexity index is 462. The first-order chi connectivity index (χ1) is 7.08. The number of nitrogens with zero attached hydrogens (tertiary/aromatic N) is 2. The minimum Gasteiger partial charge on any atom is -0.340 e. The Morgan fingerprint density at radius 2 is 2.27 bits per heavy atom. The summed E-state index contributed by atoms with van der Waals surface area (Å²) in [5, 5.41) is 3.80. The number of rotatable bonds is 2. The molecule has 0 saturated carbocycles. The van der Waals surface area contributed by atoms with E-state index in [-0.39, 0.29) is 6.04 Å². The number of thiophene rings is 1. The van der Waals surface area contributed by atoms with Crippen LogP contribution in [0.1, 0.15) is 22.6 Å². The molecule has 2 heterocycles. The standard InChI is InChI=1S/C8H7Br2N3OS/c1-3-12-8(13-14-3)6(11)5-2-4(9)7(10)15-5/h2,6H,11H2,1H3. The third-order valence-electron chi connectivity index (χ3n) is 1.79. The molecule has 0 radical (unpaired) electrons. The monoisotopic (exact) mass is 351 g/mol. The zero-order chi connectivity index (χ0) is 11.0. The van der Waals surface area contributed by atoms with Crippen molar-refractivity contribution in [2.24, 2.45) is 5.73 Å². The lowest BCUT2D eigenvalue weighted by Crippen LogP contribution is -2.11. The molecule has 0 spiro atoms. The summed E-state index contributed by atoms with van der Waals surface area (Å²) in [4.78, 5) is 5.08. The van der Waals surface area contributed by atoms with Crippen molar-refractivity contribution in [1.82, 2.24) is 10.1 Å². The molecule has 0 amide bonds. The van der Waals surface area contributed by atoms with Crippen molar-refractivity contribution in [3.05, 3.63) is 30.9 Å². The van der Waals surface area contributed by atoms with Gasteiger partial charge in [0.25, 0.3) is 0 Å². The second-order valence-electron chi connectivity index (χ2n) is 2.92. The van der Waals surface area contributed by atoms with E-state index < -0.39 is 0 Å². The molecule has 1 atom stereocenters. The Balaban J connectivity index is 2.31. The molecule has 4 nitrogen and oxygen atoms in total. The lowest BCUT2D eigenvalue weighted by atomic mass is 10.2. The summed E-state index contributed by atoms with van der Waals surface area (Å²) in [6.07, 6.45) is 0. The van der Waals surface area contributed by atoms with Gasteiger partial charge in [0.1, 0.15) is 6.04 Å². The first kappa shape index (κ1) is 11.3. The highest BCUT2D eigenvalue weighted by Crippen LogP contribution is 2.36. The minimum atomic E-state index is -0.338. The average molecular weight is 353 g/mol. The molecule has 2 aromatic rings. The van der Waals surface area contributed by atoms with E-state index >= 15 is 0 Å². The Hall–Kier alpha value is -0.240. The predicted molar refractivity (Wildman–Crippen MR) is 64.8 cm³/mol. The zero-order valence-electron chi connectivity index (χ0n) is 7.70. The van der Waals surface area contributed by atoms with Gasteiger partial charge in [0.15, 0.2) is 5.82 Å². The highest BCUT2D eigenvalue weighted by Gasteiger charge is 2.18. The smallest absolute Gasteiger partial charge is 0.223 e. The van der Waals surface area contributed by atoms with Crippen LogP contribution >= 0.6 is 43.2 Å². The van der Waals surface area contributed by atoms with Gasteiger partial charge in [0, 0.05) is 16.3 Å². The molecule has 2 rings (SSSR count). The van der Waals surface area contributed by atoms with Crippen LogP contribution in [-0.2, 0) is 0 Å². The highest BCUT2D eigenvalue weighted by atomic mass is 79.9. The summed E-state index contributed by atoms with van der Waals surface area (Å²) in [7, 11) is 0. The lowest BCUT2D eigenvalue weighted by molar-refractivity contribution is 0.385. The second-order valence-corrected chi connectivity index (χ2v) is 6.18. The van der Waals surface area contributed by atoms with Gasteiger partial charge in [-0.15, -0.1) is 11.3 Å². The fourth-order valence-corrected chi connectivity index (χ4v) is 3.17. The SMILES string of the molecule is Cc1nc(C(N)c2cc(Br)c(Br)s2)no1. The Kier molecular flexibility index (Phi) is 3.24. The van der Waals surface area contributed by atoms with Crippen LogP contribution in [0.4, 0.5) is 0 Å². The van der Waals surface area contributed by atoms with Gasteiger partial charge in [-0.2, -0.15) is 4.98 Å². The first-order valence-corrected chi connectivity index (χ1v) is 6.48. The summed E-state index contributed by atoms with van der Waals surface area (Å²) in [5.74, 6) is 1.03. The fourth-order valence-electron chi connectivity index (χ4n) is 1.09. The summed E-state index contributed by atoms with van der Waals surface area (Å²) in [5.41, 5.74) is 6.00. The molecule has 0 aliphatic rings. The molecular formula is C8H7Br2N3OS.